The van der Waals surface area contributed by atoms with Gasteiger partial charge in [0.1, 0.15) is 0 Å². The van der Waals surface area contributed by atoms with Crippen LogP contribution >= 0.6 is 15.9 Å². The van der Waals surface area contributed by atoms with E-state index >= 15 is 0 Å². The minimum Gasteiger partial charge on any atom is -0.389 e. The van der Waals surface area contributed by atoms with E-state index in [-0.39, 0.29) is 18.2 Å². The van der Waals surface area contributed by atoms with Crippen LogP contribution in [0.15, 0.2) is 21.7 Å². The van der Waals surface area contributed by atoms with Gasteiger partial charge in [0.25, 0.3) is 5.56 Å². The fourth-order valence-electron chi connectivity index (χ4n) is 2.78. The molecule has 0 amide bonds. The van der Waals surface area contributed by atoms with Crippen molar-refractivity contribution in [3.05, 3.63) is 38.3 Å². The number of fused-ring (bicyclic) bond motifs is 1. The number of benzene rings is 1. The largest absolute Gasteiger partial charge is 0.389 e. The Labute approximate surface area is 130 Å². The van der Waals surface area contributed by atoms with Gasteiger partial charge in [0.2, 0.25) is 0 Å². The molecule has 3 rings (SSSR count). The third-order valence-electron chi connectivity index (χ3n) is 4.23. The van der Waals surface area contributed by atoms with E-state index in [2.05, 4.69) is 20.9 Å². The van der Waals surface area contributed by atoms with E-state index in [4.69, 9.17) is 4.74 Å². The molecule has 0 spiro atoms. The lowest BCUT2D eigenvalue weighted by Gasteiger charge is -2.29. The molecule has 1 fully saturated rings. The number of aryl methyl sites for hydroxylation is 1. The van der Waals surface area contributed by atoms with Gasteiger partial charge >= 0.3 is 0 Å². The van der Waals surface area contributed by atoms with Crippen molar-refractivity contribution in [3.8, 4) is 0 Å². The van der Waals surface area contributed by atoms with Gasteiger partial charge in [-0.25, -0.2) is 4.98 Å². The SMILES string of the molecule is Cc1c(Br)cc2c(=O)n([C@H]3CCOC[C@@H]3O)cnc2c1C. The molecular formula is C15H17BrN2O3. The third kappa shape index (κ3) is 2.41. The van der Waals surface area contributed by atoms with Crippen molar-refractivity contribution in [2.45, 2.75) is 32.4 Å². The van der Waals surface area contributed by atoms with Crippen molar-refractivity contribution in [1.82, 2.24) is 9.55 Å². The Morgan fingerprint density at radius 1 is 1.43 bits per heavy atom. The molecule has 0 bridgehead atoms. The van der Waals surface area contributed by atoms with Gasteiger partial charge in [-0.2, -0.15) is 0 Å². The summed E-state index contributed by atoms with van der Waals surface area (Å²) >= 11 is 3.49. The topological polar surface area (TPSA) is 64.3 Å². The zero-order valence-corrected chi connectivity index (χ0v) is 13.6. The third-order valence-corrected chi connectivity index (χ3v) is 5.05. The highest BCUT2D eigenvalue weighted by Gasteiger charge is 2.27. The maximum atomic E-state index is 12.7. The second-order valence-electron chi connectivity index (χ2n) is 5.46. The molecule has 6 heteroatoms. The van der Waals surface area contributed by atoms with Crippen LogP contribution in [0.1, 0.15) is 23.6 Å². The number of nitrogens with zero attached hydrogens (tertiary/aromatic N) is 2. The molecule has 0 saturated carbocycles. The van der Waals surface area contributed by atoms with E-state index in [0.29, 0.717) is 18.4 Å². The van der Waals surface area contributed by atoms with Crippen LogP contribution in [-0.2, 0) is 4.74 Å². The van der Waals surface area contributed by atoms with Crippen molar-refractivity contribution in [2.24, 2.45) is 0 Å². The highest BCUT2D eigenvalue weighted by molar-refractivity contribution is 9.10. The van der Waals surface area contributed by atoms with Gasteiger partial charge in [-0.1, -0.05) is 15.9 Å². The lowest BCUT2D eigenvalue weighted by atomic mass is 10.0. The quantitative estimate of drug-likeness (QED) is 0.853. The van der Waals surface area contributed by atoms with Crippen molar-refractivity contribution >= 4 is 26.8 Å². The summed E-state index contributed by atoms with van der Waals surface area (Å²) in [5.74, 6) is 0. The summed E-state index contributed by atoms with van der Waals surface area (Å²) in [6, 6.07) is 1.54. The van der Waals surface area contributed by atoms with E-state index in [1.807, 2.05) is 19.9 Å². The molecule has 0 radical (unpaired) electrons. The zero-order chi connectivity index (χ0) is 15.1. The molecule has 112 valence electrons. The highest BCUT2D eigenvalue weighted by atomic mass is 79.9. The van der Waals surface area contributed by atoms with Crippen molar-refractivity contribution in [1.29, 1.82) is 0 Å². The van der Waals surface area contributed by atoms with Crippen molar-refractivity contribution in [3.63, 3.8) is 0 Å². The highest BCUT2D eigenvalue weighted by Crippen LogP contribution is 2.26. The number of hydrogen-bond donors (Lipinski definition) is 1. The Balaban J connectivity index is 2.21. The van der Waals surface area contributed by atoms with Crippen LogP contribution in [-0.4, -0.2) is 34.0 Å². The lowest BCUT2D eigenvalue weighted by Crippen LogP contribution is -2.39. The molecule has 21 heavy (non-hydrogen) atoms. The van der Waals surface area contributed by atoms with Crippen LogP contribution in [0.2, 0.25) is 0 Å². The Morgan fingerprint density at radius 3 is 2.90 bits per heavy atom. The molecule has 2 aromatic rings. The molecule has 5 nitrogen and oxygen atoms in total. The predicted molar refractivity (Wildman–Crippen MR) is 83.7 cm³/mol. The fraction of sp³-hybridized carbons (Fsp3) is 0.467. The maximum Gasteiger partial charge on any atom is 0.261 e. The Morgan fingerprint density at radius 2 is 2.19 bits per heavy atom. The first-order valence-electron chi connectivity index (χ1n) is 6.93. The summed E-state index contributed by atoms with van der Waals surface area (Å²) in [6.45, 7) is 4.76. The van der Waals surface area contributed by atoms with Gasteiger partial charge in [-0.3, -0.25) is 9.36 Å². The monoisotopic (exact) mass is 352 g/mol. The normalized spacial score (nSPS) is 22.7. The van der Waals surface area contributed by atoms with Gasteiger partial charge in [-0.05, 0) is 37.5 Å². The smallest absolute Gasteiger partial charge is 0.261 e. The van der Waals surface area contributed by atoms with Gasteiger partial charge < -0.3 is 9.84 Å². The minimum atomic E-state index is -0.675. The molecule has 1 aliphatic rings. The number of halogens is 1. The van der Waals surface area contributed by atoms with Crippen LogP contribution in [0.3, 0.4) is 0 Å². The average molecular weight is 353 g/mol. The first-order valence-corrected chi connectivity index (χ1v) is 7.72. The van der Waals surface area contributed by atoms with Crippen LogP contribution in [0.4, 0.5) is 0 Å². The summed E-state index contributed by atoms with van der Waals surface area (Å²) in [7, 11) is 0. The van der Waals surface area contributed by atoms with Gasteiger partial charge in [0.05, 0.1) is 36.0 Å². The van der Waals surface area contributed by atoms with E-state index < -0.39 is 6.10 Å². The number of rotatable bonds is 1. The average Bonchev–Trinajstić information content (AvgIpc) is 2.47. The lowest BCUT2D eigenvalue weighted by molar-refractivity contribution is -0.0395. The molecule has 1 aliphatic heterocycles. The van der Waals surface area contributed by atoms with Crippen molar-refractivity contribution in [2.75, 3.05) is 13.2 Å². The second-order valence-corrected chi connectivity index (χ2v) is 6.31. The van der Waals surface area contributed by atoms with Crippen LogP contribution in [0.25, 0.3) is 10.9 Å². The maximum absolute atomic E-state index is 12.7. The standard InChI is InChI=1S/C15H17BrN2O3/c1-8-9(2)14-10(5-11(8)16)15(20)18(7-17-14)12-3-4-21-6-13(12)19/h5,7,12-13,19H,3-4,6H2,1-2H3/t12-,13-/m0/s1. The Kier molecular flexibility index (Phi) is 3.86. The number of aromatic nitrogens is 2. The Bertz CT molecular complexity index is 757. The Hall–Kier alpha value is -1.24. The van der Waals surface area contributed by atoms with Gasteiger partial charge in [0, 0.05) is 11.1 Å². The molecule has 0 aliphatic carbocycles. The molecule has 1 N–H and O–H groups in total. The first-order chi connectivity index (χ1) is 10.0. The van der Waals surface area contributed by atoms with Crippen molar-refractivity contribution < 1.29 is 9.84 Å². The summed E-state index contributed by atoms with van der Waals surface area (Å²) in [6.07, 6.45) is 1.48. The molecule has 0 unspecified atom stereocenters. The molecule has 1 saturated heterocycles. The summed E-state index contributed by atoms with van der Waals surface area (Å²) in [5.41, 5.74) is 2.68. The number of hydrogen-bond acceptors (Lipinski definition) is 4. The molecule has 1 aromatic carbocycles. The van der Waals surface area contributed by atoms with E-state index in [1.165, 1.54) is 4.57 Å². The van der Waals surface area contributed by atoms with E-state index in [1.54, 1.807) is 6.33 Å². The van der Waals surface area contributed by atoms with Gasteiger partial charge in [-0.15, -0.1) is 0 Å². The number of aliphatic hydroxyl groups excluding tert-OH is 1. The molecular weight excluding hydrogens is 336 g/mol. The van der Waals surface area contributed by atoms with E-state index in [0.717, 1.165) is 21.1 Å². The van der Waals surface area contributed by atoms with Crippen LogP contribution in [0, 0.1) is 13.8 Å². The molecule has 2 atom stereocenters. The van der Waals surface area contributed by atoms with E-state index in [9.17, 15) is 9.90 Å². The molecule has 1 aromatic heterocycles. The van der Waals surface area contributed by atoms with Crippen LogP contribution in [0.5, 0.6) is 0 Å². The predicted octanol–water partition coefficient (Wildman–Crippen LogP) is 2.10. The van der Waals surface area contributed by atoms with Crippen LogP contribution < -0.4 is 5.56 Å². The fourth-order valence-corrected chi connectivity index (χ4v) is 3.30. The first kappa shape index (κ1) is 14.7. The summed E-state index contributed by atoms with van der Waals surface area (Å²) < 4.78 is 7.66. The number of aliphatic hydroxyl groups is 1. The minimum absolute atomic E-state index is 0.116. The van der Waals surface area contributed by atoms with Gasteiger partial charge in [0.15, 0.2) is 0 Å². The second kappa shape index (κ2) is 5.51. The zero-order valence-electron chi connectivity index (χ0n) is 12.0. The summed E-state index contributed by atoms with van der Waals surface area (Å²) in [4.78, 5) is 17.2. The summed E-state index contributed by atoms with van der Waals surface area (Å²) in [5, 5.41) is 10.6. The molecule has 2 heterocycles. The number of ether oxygens (including phenoxy) is 1.